The summed E-state index contributed by atoms with van der Waals surface area (Å²) in [5.41, 5.74) is 0. The third kappa shape index (κ3) is 2.61. The monoisotopic (exact) mass is 257 g/mol. The quantitative estimate of drug-likeness (QED) is 0.874. The van der Waals surface area contributed by atoms with Crippen molar-refractivity contribution in [3.8, 4) is 0 Å². The van der Waals surface area contributed by atoms with Crippen LogP contribution in [0.2, 0.25) is 0 Å². The normalized spacial score (nSPS) is 18.4. The average molecular weight is 258 g/mol. The number of hydrogen-bond donors (Lipinski definition) is 1. The van der Waals surface area contributed by atoms with Gasteiger partial charge in [0, 0.05) is 0 Å². The minimum absolute atomic E-state index is 0.402. The second kappa shape index (κ2) is 4.49. The highest BCUT2D eigenvalue weighted by Gasteiger charge is 2.27. The van der Waals surface area contributed by atoms with Gasteiger partial charge >= 0.3 is 0 Å². The van der Waals surface area contributed by atoms with Gasteiger partial charge in [0.25, 0.3) is 0 Å². The van der Waals surface area contributed by atoms with E-state index in [-0.39, 0.29) is 0 Å². The van der Waals surface area contributed by atoms with Gasteiger partial charge in [-0.05, 0) is 46.9 Å². The molecule has 0 spiro atoms. The Hall–Kier alpha value is -0.280. The molecule has 0 aromatic carbocycles. The predicted octanol–water partition coefficient (Wildman–Crippen LogP) is 3.49. The van der Waals surface area contributed by atoms with E-state index in [1.165, 1.54) is 19.3 Å². The topological polar surface area (TPSA) is 25.2 Å². The van der Waals surface area contributed by atoms with Crippen LogP contribution >= 0.6 is 15.9 Å². The van der Waals surface area contributed by atoms with Gasteiger partial charge in [0.2, 0.25) is 0 Å². The molecule has 1 N–H and O–H groups in total. The standard InChI is InChI=1S/C11H16BrNO/c1-2-13-9(7-8-3-4-8)10-5-6-11(12)14-10/h5-6,8-9,13H,2-4,7H2,1H3. The van der Waals surface area contributed by atoms with Crippen LogP contribution in [0.25, 0.3) is 0 Å². The first-order valence-corrected chi connectivity index (χ1v) is 6.07. The molecule has 0 bridgehead atoms. The molecule has 2 nitrogen and oxygen atoms in total. The van der Waals surface area contributed by atoms with E-state index in [1.54, 1.807) is 0 Å². The van der Waals surface area contributed by atoms with Gasteiger partial charge in [-0.25, -0.2) is 0 Å². The molecule has 1 heterocycles. The molecule has 14 heavy (non-hydrogen) atoms. The molecule has 1 aromatic heterocycles. The van der Waals surface area contributed by atoms with Crippen molar-refractivity contribution < 1.29 is 4.42 Å². The summed E-state index contributed by atoms with van der Waals surface area (Å²) in [5, 5.41) is 3.47. The maximum Gasteiger partial charge on any atom is 0.169 e. The summed E-state index contributed by atoms with van der Waals surface area (Å²) in [6.45, 7) is 3.13. The van der Waals surface area contributed by atoms with Crippen LogP contribution in [-0.2, 0) is 0 Å². The van der Waals surface area contributed by atoms with E-state index in [2.05, 4.69) is 34.2 Å². The largest absolute Gasteiger partial charge is 0.453 e. The Kier molecular flexibility index (Phi) is 3.29. The Labute approximate surface area is 93.2 Å². The lowest BCUT2D eigenvalue weighted by atomic mass is 10.1. The fourth-order valence-electron chi connectivity index (χ4n) is 1.75. The van der Waals surface area contributed by atoms with Crippen LogP contribution in [0.3, 0.4) is 0 Å². The molecule has 78 valence electrons. The summed E-state index contributed by atoms with van der Waals surface area (Å²) in [6, 6.07) is 4.42. The summed E-state index contributed by atoms with van der Waals surface area (Å²) in [5.74, 6) is 1.98. The molecule has 0 amide bonds. The van der Waals surface area contributed by atoms with Crippen LogP contribution in [-0.4, -0.2) is 6.54 Å². The molecular weight excluding hydrogens is 242 g/mol. The highest BCUT2D eigenvalue weighted by atomic mass is 79.9. The lowest BCUT2D eigenvalue weighted by Gasteiger charge is -2.14. The van der Waals surface area contributed by atoms with E-state index in [1.807, 2.05) is 6.07 Å². The van der Waals surface area contributed by atoms with E-state index >= 15 is 0 Å². The van der Waals surface area contributed by atoms with E-state index < -0.39 is 0 Å². The molecule has 1 unspecified atom stereocenters. The number of furan rings is 1. The molecule has 1 aliphatic rings. The van der Waals surface area contributed by atoms with Crippen molar-refractivity contribution in [2.45, 2.75) is 32.2 Å². The van der Waals surface area contributed by atoms with Gasteiger partial charge in [-0.3, -0.25) is 0 Å². The number of hydrogen-bond acceptors (Lipinski definition) is 2. The molecule has 3 heteroatoms. The summed E-state index contributed by atoms with van der Waals surface area (Å²) < 4.78 is 6.41. The van der Waals surface area contributed by atoms with Gasteiger partial charge in [0.1, 0.15) is 5.76 Å². The van der Waals surface area contributed by atoms with Crippen molar-refractivity contribution in [1.29, 1.82) is 0 Å². The highest BCUT2D eigenvalue weighted by Crippen LogP contribution is 2.38. The molecule has 0 radical (unpaired) electrons. The van der Waals surface area contributed by atoms with Crippen molar-refractivity contribution in [3.63, 3.8) is 0 Å². The number of nitrogens with one attached hydrogen (secondary N) is 1. The van der Waals surface area contributed by atoms with Crippen molar-refractivity contribution in [2.24, 2.45) is 5.92 Å². The molecule has 1 atom stereocenters. The van der Waals surface area contributed by atoms with E-state index in [4.69, 9.17) is 4.42 Å². The zero-order chi connectivity index (χ0) is 9.97. The van der Waals surface area contributed by atoms with Crippen LogP contribution in [0.5, 0.6) is 0 Å². The predicted molar refractivity (Wildman–Crippen MR) is 60.2 cm³/mol. The smallest absolute Gasteiger partial charge is 0.169 e. The third-order valence-corrected chi connectivity index (χ3v) is 3.08. The van der Waals surface area contributed by atoms with Crippen LogP contribution in [0.15, 0.2) is 21.2 Å². The zero-order valence-corrected chi connectivity index (χ0v) is 10.0. The second-order valence-corrected chi connectivity index (χ2v) is 4.71. The summed E-state index contributed by atoms with van der Waals surface area (Å²) in [7, 11) is 0. The highest BCUT2D eigenvalue weighted by molar-refractivity contribution is 9.10. The second-order valence-electron chi connectivity index (χ2n) is 3.93. The van der Waals surface area contributed by atoms with E-state index in [0.717, 1.165) is 22.9 Å². The van der Waals surface area contributed by atoms with Gasteiger partial charge < -0.3 is 9.73 Å². The Morgan fingerprint density at radius 2 is 2.36 bits per heavy atom. The number of halogens is 1. The Morgan fingerprint density at radius 3 is 2.86 bits per heavy atom. The minimum Gasteiger partial charge on any atom is -0.453 e. The Balaban J connectivity index is 2.00. The fraction of sp³-hybridized carbons (Fsp3) is 0.636. The van der Waals surface area contributed by atoms with Crippen LogP contribution in [0.4, 0.5) is 0 Å². The molecular formula is C11H16BrNO. The first-order chi connectivity index (χ1) is 6.79. The van der Waals surface area contributed by atoms with Crippen molar-refractivity contribution in [1.82, 2.24) is 5.32 Å². The lowest BCUT2D eigenvalue weighted by molar-refractivity contribution is 0.380. The molecule has 0 saturated heterocycles. The average Bonchev–Trinajstić information content (AvgIpc) is 2.87. The maximum atomic E-state index is 5.58. The van der Waals surface area contributed by atoms with Gasteiger partial charge in [-0.2, -0.15) is 0 Å². The number of rotatable bonds is 5. The molecule has 1 fully saturated rings. The van der Waals surface area contributed by atoms with E-state index in [0.29, 0.717) is 6.04 Å². The first kappa shape index (κ1) is 10.2. The van der Waals surface area contributed by atoms with Crippen molar-refractivity contribution >= 4 is 15.9 Å². The summed E-state index contributed by atoms with van der Waals surface area (Å²) in [4.78, 5) is 0. The lowest BCUT2D eigenvalue weighted by Crippen LogP contribution is -2.20. The van der Waals surface area contributed by atoms with Crippen molar-refractivity contribution in [3.05, 3.63) is 22.6 Å². The Bertz CT molecular complexity index is 293. The van der Waals surface area contributed by atoms with Gasteiger partial charge in [0.05, 0.1) is 6.04 Å². The molecule has 1 saturated carbocycles. The summed E-state index contributed by atoms with van der Waals surface area (Å²) >= 11 is 3.34. The minimum atomic E-state index is 0.402. The van der Waals surface area contributed by atoms with Gasteiger partial charge in [0.15, 0.2) is 4.67 Å². The van der Waals surface area contributed by atoms with Gasteiger partial charge in [-0.1, -0.05) is 19.8 Å². The maximum absolute atomic E-state index is 5.58. The van der Waals surface area contributed by atoms with E-state index in [9.17, 15) is 0 Å². The van der Waals surface area contributed by atoms with Gasteiger partial charge in [-0.15, -0.1) is 0 Å². The van der Waals surface area contributed by atoms with Crippen LogP contribution in [0, 0.1) is 5.92 Å². The molecule has 2 rings (SSSR count). The first-order valence-electron chi connectivity index (χ1n) is 5.28. The SMILES string of the molecule is CCNC(CC1CC1)c1ccc(Br)o1. The summed E-state index contributed by atoms with van der Waals surface area (Å²) in [6.07, 6.45) is 4.00. The Morgan fingerprint density at radius 1 is 1.57 bits per heavy atom. The third-order valence-electron chi connectivity index (χ3n) is 2.65. The van der Waals surface area contributed by atoms with Crippen molar-refractivity contribution in [2.75, 3.05) is 6.54 Å². The van der Waals surface area contributed by atoms with Crippen LogP contribution in [0.1, 0.15) is 38.0 Å². The molecule has 0 aliphatic heterocycles. The zero-order valence-electron chi connectivity index (χ0n) is 8.42. The van der Waals surface area contributed by atoms with Crippen LogP contribution < -0.4 is 5.32 Å². The fourth-order valence-corrected chi connectivity index (χ4v) is 2.07. The molecule has 1 aromatic rings. The molecule has 1 aliphatic carbocycles.